The van der Waals surface area contributed by atoms with Crippen LogP contribution in [-0.2, 0) is 17.6 Å². The molecule has 0 aliphatic rings. The number of nitriles is 1. The highest BCUT2D eigenvalue weighted by atomic mass is 32.1. The number of para-hydroxylation sites is 1. The van der Waals surface area contributed by atoms with Gasteiger partial charge in [0.1, 0.15) is 11.3 Å². The second-order valence-corrected chi connectivity index (χ2v) is 8.75. The number of nitrogens with one attached hydrogen (secondary N) is 1. The van der Waals surface area contributed by atoms with Gasteiger partial charge in [0.25, 0.3) is 5.91 Å². The van der Waals surface area contributed by atoms with Gasteiger partial charge < -0.3 is 9.88 Å². The Bertz CT molecular complexity index is 1620. The third kappa shape index (κ3) is 9.08. The predicted octanol–water partition coefficient (Wildman–Crippen LogP) is 5.90. The van der Waals surface area contributed by atoms with Gasteiger partial charge in [-0.2, -0.15) is 22.6 Å². The van der Waals surface area contributed by atoms with E-state index in [0.717, 1.165) is 24.3 Å². The number of allylic oxidation sites excluding steroid dienone is 2. The van der Waals surface area contributed by atoms with Crippen molar-refractivity contribution in [2.45, 2.75) is 26.4 Å². The molecule has 1 amide bonds. The zero-order valence-electron chi connectivity index (χ0n) is 22.2. The van der Waals surface area contributed by atoms with Crippen LogP contribution in [0.5, 0.6) is 0 Å². The Morgan fingerprint density at radius 3 is 2.41 bits per heavy atom. The van der Waals surface area contributed by atoms with Gasteiger partial charge in [0.15, 0.2) is 0 Å². The van der Waals surface area contributed by atoms with Gasteiger partial charge in [-0.3, -0.25) is 14.6 Å². The summed E-state index contributed by atoms with van der Waals surface area (Å²) in [7, 11) is 0. The Hall–Kier alpha value is -4.89. The lowest BCUT2D eigenvalue weighted by Crippen LogP contribution is -2.32. The molecule has 12 heteroatoms. The van der Waals surface area contributed by atoms with Crippen molar-refractivity contribution in [3.8, 4) is 23.0 Å². The maximum atomic E-state index is 13.5. The number of rotatable bonds is 8. The first-order valence-electron chi connectivity index (χ1n) is 12.0. The number of nitrogens with zero attached hydrogens (tertiary/aromatic N) is 4. The number of amides is 1. The van der Waals surface area contributed by atoms with Gasteiger partial charge in [0.2, 0.25) is 23.1 Å². The zero-order valence-corrected chi connectivity index (χ0v) is 23.1. The van der Waals surface area contributed by atoms with Crippen molar-refractivity contribution < 1.29 is 22.2 Å². The highest BCUT2D eigenvalue weighted by Crippen LogP contribution is 2.31. The molecule has 0 fully saturated rings. The van der Waals surface area contributed by atoms with Crippen LogP contribution in [0.25, 0.3) is 16.8 Å². The molecule has 1 N–H and O–H groups in total. The summed E-state index contributed by atoms with van der Waals surface area (Å²) in [4.78, 5) is 29.9. The van der Waals surface area contributed by atoms with Gasteiger partial charge in [0, 0.05) is 35.9 Å². The number of benzene rings is 1. The average Bonchev–Trinajstić information content (AvgIpc) is 2.95. The topological polar surface area (TPSA) is 117 Å². The Morgan fingerprint density at radius 2 is 1.85 bits per heavy atom. The van der Waals surface area contributed by atoms with Crippen LogP contribution in [0, 0.1) is 18.4 Å². The first-order valence-corrected chi connectivity index (χ1v) is 12.7. The average molecular weight is 582 g/mol. The molecule has 0 atom stereocenters. The summed E-state index contributed by atoms with van der Waals surface area (Å²) in [5.41, 5.74) is 0.494. The Kier molecular flexibility index (Phi) is 11.9. The van der Waals surface area contributed by atoms with E-state index in [9.17, 15) is 22.8 Å². The molecule has 0 radical (unpaired) electrons. The molecule has 0 saturated carbocycles. The molecule has 0 saturated heterocycles. The van der Waals surface area contributed by atoms with E-state index >= 15 is 0 Å². The van der Waals surface area contributed by atoms with Crippen molar-refractivity contribution in [2.75, 3.05) is 6.54 Å². The summed E-state index contributed by atoms with van der Waals surface area (Å²) in [6, 6.07) is 11.0. The second kappa shape index (κ2) is 15.0. The minimum atomic E-state index is -4.69. The SMILES string of the molecule is C=C(/C=C\C(=C)CNC(=O)c1cn(-c2ccccc2)c(C)c(-c2ccnc(C(F)(F)F)c2)c1=O)CC.N#CN=S=O. The maximum absolute atomic E-state index is 13.5. The molecule has 1 aromatic carbocycles. The second-order valence-electron chi connectivity index (χ2n) is 8.42. The van der Waals surface area contributed by atoms with Crippen molar-refractivity contribution in [3.63, 3.8) is 0 Å². The van der Waals surface area contributed by atoms with Crippen molar-refractivity contribution in [1.29, 1.82) is 5.26 Å². The lowest BCUT2D eigenvalue weighted by molar-refractivity contribution is -0.141. The molecular weight excluding hydrogens is 555 g/mol. The quantitative estimate of drug-likeness (QED) is 0.263. The summed E-state index contributed by atoms with van der Waals surface area (Å²) in [5.74, 6) is -0.667. The lowest BCUT2D eigenvalue weighted by atomic mass is 10.0. The number of carbonyl (C=O) groups is 1. The number of pyridine rings is 2. The summed E-state index contributed by atoms with van der Waals surface area (Å²) in [5, 5.41) is 10.1. The number of carbonyl (C=O) groups excluding carboxylic acids is 1. The molecule has 41 heavy (non-hydrogen) atoms. The molecule has 2 aromatic heterocycles. The van der Waals surface area contributed by atoms with E-state index < -0.39 is 23.2 Å². The van der Waals surface area contributed by atoms with Crippen LogP contribution in [0.2, 0.25) is 0 Å². The summed E-state index contributed by atoms with van der Waals surface area (Å²) in [6.45, 7) is 11.4. The molecule has 8 nitrogen and oxygen atoms in total. The predicted molar refractivity (Wildman–Crippen MR) is 151 cm³/mol. The molecular formula is C29H26F3N5O3S. The monoisotopic (exact) mass is 581 g/mol. The van der Waals surface area contributed by atoms with Crippen molar-refractivity contribution in [2.24, 2.45) is 4.36 Å². The highest BCUT2D eigenvalue weighted by Gasteiger charge is 2.33. The zero-order chi connectivity index (χ0) is 30.6. The summed E-state index contributed by atoms with van der Waals surface area (Å²) < 4.78 is 53.3. The molecule has 0 aliphatic heterocycles. The van der Waals surface area contributed by atoms with Crippen molar-refractivity contribution in [1.82, 2.24) is 14.9 Å². The molecule has 0 bridgehead atoms. The van der Waals surface area contributed by atoms with Crippen molar-refractivity contribution >= 4 is 17.4 Å². The number of aromatic nitrogens is 2. The van der Waals surface area contributed by atoms with Crippen LogP contribution >= 0.6 is 0 Å². The smallest absolute Gasteiger partial charge is 0.348 e. The van der Waals surface area contributed by atoms with E-state index in [0.29, 0.717) is 17.0 Å². The molecule has 0 spiro atoms. The van der Waals surface area contributed by atoms with E-state index in [1.54, 1.807) is 54.0 Å². The third-order valence-electron chi connectivity index (χ3n) is 5.63. The van der Waals surface area contributed by atoms with E-state index in [-0.39, 0.29) is 34.7 Å². The van der Waals surface area contributed by atoms with Gasteiger partial charge in [-0.05, 0) is 48.7 Å². The van der Waals surface area contributed by atoms with Crippen LogP contribution < -0.4 is 10.7 Å². The van der Waals surface area contributed by atoms with Crippen LogP contribution in [0.3, 0.4) is 0 Å². The van der Waals surface area contributed by atoms with Gasteiger partial charge in [0.05, 0.1) is 0 Å². The van der Waals surface area contributed by atoms with E-state index in [1.165, 1.54) is 18.5 Å². The lowest BCUT2D eigenvalue weighted by Gasteiger charge is -2.18. The fourth-order valence-corrected chi connectivity index (χ4v) is 3.56. The molecule has 3 rings (SSSR count). The fraction of sp³-hybridized carbons (Fsp3) is 0.172. The standard InChI is InChI=1S/C28H26F3N3O2.CN2OS/c1-5-18(2)11-12-19(3)16-33-27(36)23-17-34(22-9-7-6-8-10-22)20(4)25(26(23)35)21-13-14-32-24(15-21)28(29,30)31;2-1-3-5-4/h6-15,17H,2-3,5,16H2,1,4H3,(H,33,36);/b12-11-;. The molecule has 2 heterocycles. The Balaban J connectivity index is 0.00000108. The summed E-state index contributed by atoms with van der Waals surface area (Å²) in [6.07, 6.45) is 3.29. The third-order valence-corrected chi connectivity index (χ3v) is 5.79. The van der Waals surface area contributed by atoms with Crippen LogP contribution in [0.1, 0.15) is 35.1 Å². The number of hydrogen-bond donors (Lipinski definition) is 1. The van der Waals surface area contributed by atoms with Crippen molar-refractivity contribution in [3.05, 3.63) is 118 Å². The largest absolute Gasteiger partial charge is 0.433 e. The van der Waals surface area contributed by atoms with Gasteiger partial charge in [-0.25, -0.2) is 0 Å². The maximum Gasteiger partial charge on any atom is 0.433 e. The number of alkyl halides is 3. The van der Waals surface area contributed by atoms with Gasteiger partial charge in [-0.15, -0.1) is 0 Å². The minimum absolute atomic E-state index is 0.0163. The molecule has 212 valence electrons. The first-order chi connectivity index (χ1) is 19.4. The van der Waals surface area contributed by atoms with Gasteiger partial charge >= 0.3 is 6.18 Å². The fourth-order valence-electron chi connectivity index (χ4n) is 3.52. The Labute approximate surface area is 238 Å². The normalized spacial score (nSPS) is 10.6. The summed E-state index contributed by atoms with van der Waals surface area (Å²) >= 11 is -0.0845. The minimum Gasteiger partial charge on any atom is -0.348 e. The number of hydrogen-bond acceptors (Lipinski definition) is 6. The van der Waals surface area contributed by atoms with E-state index in [4.69, 9.17) is 9.47 Å². The first kappa shape index (κ1) is 32.3. The number of halogens is 3. The molecule has 0 unspecified atom stereocenters. The van der Waals surface area contributed by atoms with Crippen LogP contribution in [-0.4, -0.2) is 26.2 Å². The molecule has 0 aliphatic carbocycles. The van der Waals surface area contributed by atoms with E-state index in [2.05, 4.69) is 27.8 Å². The van der Waals surface area contributed by atoms with Crippen LogP contribution in [0.4, 0.5) is 13.2 Å². The molecule has 3 aromatic rings. The van der Waals surface area contributed by atoms with E-state index in [1.807, 2.05) is 6.92 Å². The Morgan fingerprint density at radius 1 is 1.20 bits per heavy atom. The van der Waals surface area contributed by atoms with Gasteiger partial charge in [-0.1, -0.05) is 60.4 Å². The highest BCUT2D eigenvalue weighted by molar-refractivity contribution is 7.54. The van der Waals surface area contributed by atoms with Crippen LogP contribution in [0.15, 0.2) is 100 Å².